The van der Waals surface area contributed by atoms with Gasteiger partial charge in [-0.3, -0.25) is 9.59 Å². The maximum Gasteiger partial charge on any atom is 0.232 e. The first kappa shape index (κ1) is 18.5. The van der Waals surface area contributed by atoms with Crippen molar-refractivity contribution in [2.24, 2.45) is 0 Å². The number of anilines is 4. The molecule has 0 bridgehead atoms. The lowest BCUT2D eigenvalue weighted by Crippen LogP contribution is -2.33. The molecule has 1 aromatic heterocycles. The Bertz CT molecular complexity index is 958. The van der Waals surface area contributed by atoms with Crippen molar-refractivity contribution in [3.05, 3.63) is 34.3 Å². The number of carbonyl (C=O) groups is 2. The summed E-state index contributed by atoms with van der Waals surface area (Å²) in [4.78, 5) is 36.0. The molecule has 1 atom stereocenters. The summed E-state index contributed by atoms with van der Waals surface area (Å²) in [5, 5.41) is 6.10. The third-order valence-corrected chi connectivity index (χ3v) is 5.51. The number of nitrogens with one attached hydrogen (secondary N) is 2. The molecule has 1 aromatic carbocycles. The molecule has 4 N–H and O–H groups in total. The normalized spacial score (nSPS) is 18.6. The van der Waals surface area contributed by atoms with Crippen LogP contribution in [0.25, 0.3) is 0 Å². The lowest BCUT2D eigenvalue weighted by Gasteiger charge is -2.26. The van der Waals surface area contributed by atoms with Gasteiger partial charge in [-0.25, -0.2) is 0 Å². The number of aromatic nitrogens is 2. The van der Waals surface area contributed by atoms with E-state index < -0.39 is 5.92 Å². The number of rotatable bonds is 3. The predicted molar refractivity (Wildman–Crippen MR) is 109 cm³/mol. The topological polar surface area (TPSA) is 113 Å². The number of fused-ring (bicyclic) bond motifs is 1. The second-order valence-electron chi connectivity index (χ2n) is 7.12. The summed E-state index contributed by atoms with van der Waals surface area (Å²) >= 11 is 6.13. The van der Waals surface area contributed by atoms with Crippen LogP contribution in [-0.4, -0.2) is 34.9 Å². The van der Waals surface area contributed by atoms with Crippen molar-refractivity contribution in [1.82, 2.24) is 9.97 Å². The molecule has 0 aliphatic carbocycles. The SMILES string of the molecule is Cc1ccc(NC(=O)[C@H]2CC(=O)Nc3nc(N4CCCC4)nc(N)c32)cc1Cl. The molecule has 2 aliphatic heterocycles. The summed E-state index contributed by atoms with van der Waals surface area (Å²) < 4.78 is 0. The molecule has 3 heterocycles. The van der Waals surface area contributed by atoms with Gasteiger partial charge in [-0.15, -0.1) is 0 Å². The van der Waals surface area contributed by atoms with E-state index in [0.717, 1.165) is 31.5 Å². The van der Waals surface area contributed by atoms with Gasteiger partial charge in [-0.05, 0) is 37.5 Å². The summed E-state index contributed by atoms with van der Waals surface area (Å²) in [5.74, 6) is -0.376. The second kappa shape index (κ2) is 7.27. The summed E-state index contributed by atoms with van der Waals surface area (Å²) in [7, 11) is 0. The summed E-state index contributed by atoms with van der Waals surface area (Å²) in [6.07, 6.45) is 2.11. The fourth-order valence-electron chi connectivity index (χ4n) is 3.57. The number of nitrogens with two attached hydrogens (primary N) is 1. The number of benzene rings is 1. The number of halogens is 1. The van der Waals surface area contributed by atoms with Crippen LogP contribution in [0, 0.1) is 6.92 Å². The fourth-order valence-corrected chi connectivity index (χ4v) is 3.75. The van der Waals surface area contributed by atoms with Crippen molar-refractivity contribution in [2.45, 2.75) is 32.1 Å². The molecule has 1 saturated heterocycles. The smallest absolute Gasteiger partial charge is 0.232 e. The van der Waals surface area contributed by atoms with Crippen LogP contribution in [-0.2, 0) is 9.59 Å². The zero-order valence-corrected chi connectivity index (χ0v) is 16.2. The van der Waals surface area contributed by atoms with Gasteiger partial charge in [0.2, 0.25) is 17.8 Å². The Morgan fingerprint density at radius 3 is 2.79 bits per heavy atom. The second-order valence-corrected chi connectivity index (χ2v) is 7.53. The Kier molecular flexibility index (Phi) is 4.80. The number of nitrogens with zero attached hydrogens (tertiary/aromatic N) is 3. The highest BCUT2D eigenvalue weighted by Crippen LogP contribution is 2.37. The number of hydrogen-bond donors (Lipinski definition) is 3. The van der Waals surface area contributed by atoms with Crippen molar-refractivity contribution in [2.75, 3.05) is 34.4 Å². The van der Waals surface area contributed by atoms with Gasteiger partial charge in [0.25, 0.3) is 0 Å². The van der Waals surface area contributed by atoms with Gasteiger partial charge in [-0.1, -0.05) is 17.7 Å². The van der Waals surface area contributed by atoms with Gasteiger partial charge >= 0.3 is 0 Å². The third kappa shape index (κ3) is 3.47. The summed E-state index contributed by atoms with van der Waals surface area (Å²) in [6.45, 7) is 3.58. The third-order valence-electron chi connectivity index (χ3n) is 5.10. The van der Waals surface area contributed by atoms with Crippen LogP contribution < -0.4 is 21.3 Å². The Labute approximate surface area is 167 Å². The number of carbonyl (C=O) groups excluding carboxylic acids is 2. The number of aryl methyl sites for hydroxylation is 1. The molecule has 0 spiro atoms. The first-order valence-corrected chi connectivity index (χ1v) is 9.59. The average molecular weight is 401 g/mol. The maximum absolute atomic E-state index is 12.9. The van der Waals surface area contributed by atoms with Crippen LogP contribution in [0.4, 0.5) is 23.3 Å². The zero-order valence-electron chi connectivity index (χ0n) is 15.5. The predicted octanol–water partition coefficient (Wildman–Crippen LogP) is 2.69. The van der Waals surface area contributed by atoms with E-state index in [1.807, 2.05) is 17.9 Å². The molecule has 2 aliphatic rings. The molecule has 146 valence electrons. The van der Waals surface area contributed by atoms with Crippen molar-refractivity contribution in [1.29, 1.82) is 0 Å². The van der Waals surface area contributed by atoms with Gasteiger partial charge in [0, 0.05) is 30.2 Å². The standard InChI is InChI=1S/C19H21ClN6O2/c1-10-4-5-11(8-13(10)20)22-18(28)12-9-14(27)23-17-15(12)16(21)24-19(25-17)26-6-2-3-7-26/h4-5,8,12H,2-3,6-7,9H2,1H3,(H,22,28)(H3,21,23,24,25,27)/t12-/m0/s1. The molecular weight excluding hydrogens is 380 g/mol. The van der Waals surface area contributed by atoms with E-state index in [1.165, 1.54) is 0 Å². The molecular formula is C19H21ClN6O2. The molecule has 8 nitrogen and oxygen atoms in total. The van der Waals surface area contributed by atoms with E-state index in [0.29, 0.717) is 28.0 Å². The van der Waals surface area contributed by atoms with Crippen LogP contribution in [0.1, 0.15) is 36.3 Å². The highest BCUT2D eigenvalue weighted by molar-refractivity contribution is 6.31. The molecule has 0 unspecified atom stereocenters. The van der Waals surface area contributed by atoms with E-state index in [2.05, 4.69) is 20.6 Å². The Hall–Kier alpha value is -2.87. The van der Waals surface area contributed by atoms with Crippen LogP contribution >= 0.6 is 11.6 Å². The van der Waals surface area contributed by atoms with Gasteiger partial charge in [-0.2, -0.15) is 9.97 Å². The maximum atomic E-state index is 12.9. The van der Waals surface area contributed by atoms with Gasteiger partial charge in [0.15, 0.2) is 0 Å². The van der Waals surface area contributed by atoms with Gasteiger partial charge in [0.05, 0.1) is 11.5 Å². The lowest BCUT2D eigenvalue weighted by molar-refractivity contribution is -0.123. The minimum Gasteiger partial charge on any atom is -0.383 e. The highest BCUT2D eigenvalue weighted by Gasteiger charge is 2.35. The van der Waals surface area contributed by atoms with Crippen molar-refractivity contribution >= 4 is 46.7 Å². The molecule has 0 radical (unpaired) electrons. The quantitative estimate of drug-likeness (QED) is 0.730. The highest BCUT2D eigenvalue weighted by atomic mass is 35.5. The number of hydrogen-bond acceptors (Lipinski definition) is 6. The molecule has 9 heteroatoms. The van der Waals surface area contributed by atoms with Gasteiger partial charge < -0.3 is 21.3 Å². The number of amides is 2. The fraction of sp³-hybridized carbons (Fsp3) is 0.368. The zero-order chi connectivity index (χ0) is 19.8. The van der Waals surface area contributed by atoms with Crippen LogP contribution in [0.15, 0.2) is 18.2 Å². The average Bonchev–Trinajstić information content (AvgIpc) is 3.18. The number of nitrogen functional groups attached to an aromatic ring is 1. The lowest BCUT2D eigenvalue weighted by atomic mass is 9.92. The largest absolute Gasteiger partial charge is 0.383 e. The Morgan fingerprint density at radius 2 is 2.07 bits per heavy atom. The minimum absolute atomic E-state index is 0.0188. The first-order valence-electron chi connectivity index (χ1n) is 9.21. The summed E-state index contributed by atoms with van der Waals surface area (Å²) in [5.41, 5.74) is 8.12. The van der Waals surface area contributed by atoms with Crippen LogP contribution in [0.2, 0.25) is 5.02 Å². The molecule has 28 heavy (non-hydrogen) atoms. The van der Waals surface area contributed by atoms with Gasteiger partial charge in [0.1, 0.15) is 11.6 Å². The van der Waals surface area contributed by atoms with Crippen LogP contribution in [0.5, 0.6) is 0 Å². The van der Waals surface area contributed by atoms with E-state index in [1.54, 1.807) is 12.1 Å². The Balaban J connectivity index is 1.64. The summed E-state index contributed by atoms with van der Waals surface area (Å²) in [6, 6.07) is 5.26. The van der Waals surface area contributed by atoms with E-state index in [-0.39, 0.29) is 24.1 Å². The molecule has 4 rings (SSSR count). The van der Waals surface area contributed by atoms with Crippen molar-refractivity contribution < 1.29 is 9.59 Å². The van der Waals surface area contributed by atoms with Crippen molar-refractivity contribution in [3.8, 4) is 0 Å². The monoisotopic (exact) mass is 400 g/mol. The molecule has 2 amide bonds. The molecule has 1 fully saturated rings. The van der Waals surface area contributed by atoms with Crippen LogP contribution in [0.3, 0.4) is 0 Å². The van der Waals surface area contributed by atoms with E-state index in [4.69, 9.17) is 17.3 Å². The Morgan fingerprint density at radius 1 is 1.32 bits per heavy atom. The molecule has 0 saturated carbocycles. The minimum atomic E-state index is -0.767. The van der Waals surface area contributed by atoms with Crippen molar-refractivity contribution in [3.63, 3.8) is 0 Å². The van der Waals surface area contributed by atoms with E-state index in [9.17, 15) is 9.59 Å². The van der Waals surface area contributed by atoms with E-state index >= 15 is 0 Å². The molecule has 2 aromatic rings. The first-order chi connectivity index (χ1) is 13.4.